The maximum absolute atomic E-state index is 12.8. The maximum atomic E-state index is 12.8. The molecule has 1 aromatic rings. The summed E-state index contributed by atoms with van der Waals surface area (Å²) in [7, 11) is 1.98. The highest BCUT2D eigenvalue weighted by Crippen LogP contribution is 2.17. The van der Waals surface area contributed by atoms with Crippen molar-refractivity contribution in [1.82, 2.24) is 9.88 Å². The Hall–Kier alpha value is -1.49. The molecule has 1 amide bonds. The van der Waals surface area contributed by atoms with Crippen molar-refractivity contribution in [3.63, 3.8) is 0 Å². The van der Waals surface area contributed by atoms with Crippen molar-refractivity contribution < 1.29 is 9.18 Å². The SMILES string of the molecule is CN1CC[C@H](C(=O)Nc2cncc(F)c2)C1. The fourth-order valence-corrected chi connectivity index (χ4v) is 1.87. The zero-order valence-electron chi connectivity index (χ0n) is 9.11. The number of hydrogen-bond acceptors (Lipinski definition) is 3. The van der Waals surface area contributed by atoms with Gasteiger partial charge in [0.25, 0.3) is 0 Å². The molecule has 4 nitrogen and oxygen atoms in total. The van der Waals surface area contributed by atoms with Crippen molar-refractivity contribution in [3.8, 4) is 0 Å². The van der Waals surface area contributed by atoms with Gasteiger partial charge < -0.3 is 10.2 Å². The Morgan fingerprint density at radius 3 is 3.06 bits per heavy atom. The maximum Gasteiger partial charge on any atom is 0.228 e. The first kappa shape index (κ1) is 11.0. The van der Waals surface area contributed by atoms with E-state index in [1.807, 2.05) is 7.05 Å². The number of aromatic nitrogens is 1. The normalized spacial score (nSPS) is 21.0. The van der Waals surface area contributed by atoms with Crippen LogP contribution in [0.15, 0.2) is 18.5 Å². The second-order valence-corrected chi connectivity index (χ2v) is 4.13. The van der Waals surface area contributed by atoms with Gasteiger partial charge in [0.2, 0.25) is 5.91 Å². The van der Waals surface area contributed by atoms with Crippen molar-refractivity contribution in [2.75, 3.05) is 25.5 Å². The molecule has 2 heterocycles. The van der Waals surface area contributed by atoms with E-state index in [1.165, 1.54) is 12.3 Å². The number of nitrogens with zero attached hydrogens (tertiary/aromatic N) is 2. The lowest BCUT2D eigenvalue weighted by Crippen LogP contribution is -2.25. The predicted molar refractivity (Wildman–Crippen MR) is 58.4 cm³/mol. The molecule has 1 aliphatic heterocycles. The van der Waals surface area contributed by atoms with Gasteiger partial charge in [-0.3, -0.25) is 9.78 Å². The molecule has 5 heteroatoms. The molecule has 86 valence electrons. The van der Waals surface area contributed by atoms with Crippen LogP contribution in [0, 0.1) is 11.7 Å². The van der Waals surface area contributed by atoms with Gasteiger partial charge in [0.15, 0.2) is 0 Å². The van der Waals surface area contributed by atoms with E-state index in [0.29, 0.717) is 5.69 Å². The van der Waals surface area contributed by atoms with Gasteiger partial charge in [-0.05, 0) is 20.0 Å². The number of rotatable bonds is 2. The van der Waals surface area contributed by atoms with Gasteiger partial charge in [-0.1, -0.05) is 0 Å². The summed E-state index contributed by atoms with van der Waals surface area (Å²) in [6.45, 7) is 1.69. The van der Waals surface area contributed by atoms with Crippen LogP contribution in [-0.2, 0) is 4.79 Å². The summed E-state index contributed by atoms with van der Waals surface area (Å²) >= 11 is 0. The second-order valence-electron chi connectivity index (χ2n) is 4.13. The third kappa shape index (κ3) is 2.55. The Morgan fingerprint density at radius 1 is 1.62 bits per heavy atom. The molecule has 0 saturated carbocycles. The smallest absolute Gasteiger partial charge is 0.228 e. The highest BCUT2D eigenvalue weighted by atomic mass is 19.1. The van der Waals surface area contributed by atoms with Crippen LogP contribution in [0.4, 0.5) is 10.1 Å². The number of nitrogens with one attached hydrogen (secondary N) is 1. The Kier molecular flexibility index (Phi) is 3.14. The summed E-state index contributed by atoms with van der Waals surface area (Å²) in [4.78, 5) is 17.6. The average molecular weight is 223 g/mol. The van der Waals surface area contributed by atoms with Gasteiger partial charge in [0.05, 0.1) is 24.0 Å². The van der Waals surface area contributed by atoms with Crippen LogP contribution in [0.2, 0.25) is 0 Å². The number of halogens is 1. The fraction of sp³-hybridized carbons (Fsp3) is 0.455. The summed E-state index contributed by atoms with van der Waals surface area (Å²) in [5.41, 5.74) is 0.416. The molecule has 2 rings (SSSR count). The van der Waals surface area contributed by atoms with Gasteiger partial charge in [0.1, 0.15) is 5.82 Å². The topological polar surface area (TPSA) is 45.2 Å². The lowest BCUT2D eigenvalue weighted by Gasteiger charge is -2.10. The van der Waals surface area contributed by atoms with E-state index >= 15 is 0 Å². The van der Waals surface area contributed by atoms with Gasteiger partial charge in [-0.25, -0.2) is 4.39 Å². The molecule has 0 aliphatic carbocycles. The summed E-state index contributed by atoms with van der Waals surface area (Å²) < 4.78 is 12.8. The second kappa shape index (κ2) is 4.57. The van der Waals surface area contributed by atoms with Crippen LogP contribution < -0.4 is 5.32 Å². The number of anilines is 1. The molecule has 0 aromatic carbocycles. The minimum Gasteiger partial charge on any atom is -0.324 e. The molecule has 1 aliphatic rings. The van der Waals surface area contributed by atoms with E-state index in [2.05, 4.69) is 15.2 Å². The summed E-state index contributed by atoms with van der Waals surface area (Å²) in [6.07, 6.45) is 3.41. The van der Waals surface area contributed by atoms with Gasteiger partial charge in [-0.2, -0.15) is 0 Å². The zero-order valence-corrected chi connectivity index (χ0v) is 9.11. The zero-order chi connectivity index (χ0) is 11.5. The van der Waals surface area contributed by atoms with E-state index < -0.39 is 5.82 Å². The largest absolute Gasteiger partial charge is 0.324 e. The lowest BCUT2D eigenvalue weighted by atomic mass is 10.1. The number of carbonyl (C=O) groups excluding carboxylic acids is 1. The third-order valence-corrected chi connectivity index (χ3v) is 2.73. The van der Waals surface area contributed by atoms with Crippen LogP contribution in [0.1, 0.15) is 6.42 Å². The quantitative estimate of drug-likeness (QED) is 0.817. The molecule has 0 unspecified atom stereocenters. The van der Waals surface area contributed by atoms with Gasteiger partial charge in [-0.15, -0.1) is 0 Å². The van der Waals surface area contributed by atoms with Gasteiger partial charge >= 0.3 is 0 Å². The predicted octanol–water partition coefficient (Wildman–Crippen LogP) is 1.11. The number of likely N-dealkylation sites (tertiary alicyclic amines) is 1. The first-order chi connectivity index (χ1) is 7.65. The number of hydrogen-bond donors (Lipinski definition) is 1. The van der Waals surface area contributed by atoms with Gasteiger partial charge in [0, 0.05) is 12.6 Å². The Bertz CT molecular complexity index is 397. The summed E-state index contributed by atoms with van der Waals surface area (Å²) in [5.74, 6) is -0.508. The molecule has 1 fully saturated rings. The Labute approximate surface area is 93.5 Å². The third-order valence-electron chi connectivity index (χ3n) is 2.73. The first-order valence-corrected chi connectivity index (χ1v) is 5.25. The van der Waals surface area contributed by atoms with Crippen molar-refractivity contribution in [3.05, 3.63) is 24.3 Å². The van der Waals surface area contributed by atoms with E-state index in [1.54, 1.807) is 0 Å². The Morgan fingerprint density at radius 2 is 2.44 bits per heavy atom. The van der Waals surface area contributed by atoms with Crippen LogP contribution >= 0.6 is 0 Å². The van der Waals surface area contributed by atoms with Crippen molar-refractivity contribution >= 4 is 11.6 Å². The number of pyridine rings is 1. The highest BCUT2D eigenvalue weighted by molar-refractivity contribution is 5.92. The number of carbonyl (C=O) groups is 1. The Balaban J connectivity index is 1.97. The van der Waals surface area contributed by atoms with Crippen molar-refractivity contribution in [1.29, 1.82) is 0 Å². The first-order valence-electron chi connectivity index (χ1n) is 5.25. The van der Waals surface area contributed by atoms with Crippen LogP contribution in [-0.4, -0.2) is 35.9 Å². The van der Waals surface area contributed by atoms with Crippen LogP contribution in [0.5, 0.6) is 0 Å². The molecule has 1 N–H and O–H groups in total. The molecule has 1 aromatic heterocycles. The molecule has 1 saturated heterocycles. The van der Waals surface area contributed by atoms with Crippen molar-refractivity contribution in [2.45, 2.75) is 6.42 Å². The molecule has 16 heavy (non-hydrogen) atoms. The molecule has 0 bridgehead atoms. The van der Waals surface area contributed by atoms with E-state index in [4.69, 9.17) is 0 Å². The monoisotopic (exact) mass is 223 g/mol. The number of amides is 1. The van der Waals surface area contributed by atoms with E-state index in [9.17, 15) is 9.18 Å². The minimum atomic E-state index is -0.443. The minimum absolute atomic E-state index is 0.00623. The molecular formula is C11H14FN3O. The standard InChI is InChI=1S/C11H14FN3O/c1-15-3-2-8(7-15)11(16)14-10-4-9(12)5-13-6-10/h4-6,8H,2-3,7H2,1H3,(H,14,16)/t8-/m0/s1. The fourth-order valence-electron chi connectivity index (χ4n) is 1.87. The lowest BCUT2D eigenvalue weighted by molar-refractivity contribution is -0.119. The molecule has 0 radical (unpaired) electrons. The van der Waals surface area contributed by atoms with E-state index in [-0.39, 0.29) is 11.8 Å². The summed E-state index contributed by atoms with van der Waals surface area (Å²) in [6, 6.07) is 1.27. The molecule has 0 spiro atoms. The molecular weight excluding hydrogens is 209 g/mol. The van der Waals surface area contributed by atoms with Crippen LogP contribution in [0.3, 0.4) is 0 Å². The van der Waals surface area contributed by atoms with E-state index in [0.717, 1.165) is 25.7 Å². The van der Waals surface area contributed by atoms with Crippen molar-refractivity contribution in [2.24, 2.45) is 5.92 Å². The molecule has 1 atom stereocenters. The van der Waals surface area contributed by atoms with Crippen LogP contribution in [0.25, 0.3) is 0 Å². The highest BCUT2D eigenvalue weighted by Gasteiger charge is 2.26. The average Bonchev–Trinajstić information content (AvgIpc) is 2.65. The summed E-state index contributed by atoms with van der Waals surface area (Å²) in [5, 5.41) is 2.68.